The molecular weight excluding hydrogens is 470 g/mol. The third kappa shape index (κ3) is 4.85. The number of aromatic nitrogens is 4. The summed E-state index contributed by atoms with van der Waals surface area (Å²) in [6.45, 7) is 6.59. The van der Waals surface area contributed by atoms with Gasteiger partial charge in [0, 0.05) is 34.0 Å². The number of para-hydroxylation sites is 1. The van der Waals surface area contributed by atoms with Gasteiger partial charge in [0.2, 0.25) is 5.91 Å². The molecule has 36 heavy (non-hydrogen) atoms. The number of carbonyl (C=O) groups excluding carboxylic acids is 1. The monoisotopic (exact) mass is 497 g/mol. The normalized spacial score (nSPS) is 11.1. The Labute approximate surface area is 213 Å². The number of hydrogen-bond acceptors (Lipinski definition) is 5. The zero-order valence-electron chi connectivity index (χ0n) is 20.4. The smallest absolute Gasteiger partial charge is 0.234 e. The molecule has 1 amide bonds. The first-order valence-corrected chi connectivity index (χ1v) is 12.8. The number of anilines is 1. The van der Waals surface area contributed by atoms with Crippen LogP contribution in [-0.2, 0) is 4.79 Å². The molecule has 2 N–H and O–H groups in total. The van der Waals surface area contributed by atoms with E-state index in [9.17, 15) is 4.79 Å². The van der Waals surface area contributed by atoms with E-state index >= 15 is 0 Å². The van der Waals surface area contributed by atoms with Gasteiger partial charge in [-0.05, 0) is 62.7 Å². The molecule has 0 saturated heterocycles. The maximum atomic E-state index is 12.8. The quantitative estimate of drug-likeness (QED) is 0.251. The van der Waals surface area contributed by atoms with Gasteiger partial charge in [-0.25, -0.2) is 0 Å². The van der Waals surface area contributed by atoms with E-state index in [4.69, 9.17) is 4.74 Å². The van der Waals surface area contributed by atoms with Gasteiger partial charge in [0.05, 0.1) is 12.4 Å². The summed E-state index contributed by atoms with van der Waals surface area (Å²) in [4.78, 5) is 16.1. The number of hydrogen-bond donors (Lipinski definition) is 2. The minimum atomic E-state index is -0.0955. The SMILES string of the molecule is CCOc1ccc(-n2c(SCC(=O)Nc3ccc(C)cc3C)nnc2-c2c[nH]c3ccccc23)cc1. The largest absolute Gasteiger partial charge is 0.494 e. The van der Waals surface area contributed by atoms with Crippen molar-refractivity contribution in [3.05, 3.63) is 84.1 Å². The van der Waals surface area contributed by atoms with Crippen molar-refractivity contribution >= 4 is 34.3 Å². The van der Waals surface area contributed by atoms with Crippen LogP contribution >= 0.6 is 11.8 Å². The van der Waals surface area contributed by atoms with Gasteiger partial charge in [-0.1, -0.05) is 47.7 Å². The molecule has 0 aliphatic rings. The summed E-state index contributed by atoms with van der Waals surface area (Å²) in [6.07, 6.45) is 1.95. The van der Waals surface area contributed by atoms with Crippen molar-refractivity contribution in [2.45, 2.75) is 25.9 Å². The Bertz CT molecular complexity index is 1520. The molecule has 0 aliphatic heterocycles. The van der Waals surface area contributed by atoms with Crippen LogP contribution in [-0.4, -0.2) is 38.0 Å². The second-order valence-electron chi connectivity index (χ2n) is 8.47. The van der Waals surface area contributed by atoms with E-state index in [0.717, 1.165) is 44.7 Å². The van der Waals surface area contributed by atoms with E-state index in [1.165, 1.54) is 11.8 Å². The molecule has 182 valence electrons. The van der Waals surface area contributed by atoms with Gasteiger partial charge >= 0.3 is 0 Å². The molecule has 5 rings (SSSR count). The first-order valence-electron chi connectivity index (χ1n) is 11.8. The highest BCUT2D eigenvalue weighted by Gasteiger charge is 2.20. The van der Waals surface area contributed by atoms with Crippen LogP contribution in [0.1, 0.15) is 18.1 Å². The number of aryl methyl sites for hydroxylation is 2. The van der Waals surface area contributed by atoms with Crippen LogP contribution in [0.4, 0.5) is 5.69 Å². The van der Waals surface area contributed by atoms with Crippen LogP contribution in [0.15, 0.2) is 78.1 Å². The molecule has 0 atom stereocenters. The third-order valence-electron chi connectivity index (χ3n) is 5.86. The fourth-order valence-corrected chi connectivity index (χ4v) is 4.91. The van der Waals surface area contributed by atoms with Gasteiger partial charge in [0.15, 0.2) is 11.0 Å². The average Bonchev–Trinajstić information content (AvgIpc) is 3.49. The zero-order valence-corrected chi connectivity index (χ0v) is 21.2. The molecule has 7 nitrogen and oxygen atoms in total. The van der Waals surface area contributed by atoms with Crippen LogP contribution in [0.25, 0.3) is 28.0 Å². The van der Waals surface area contributed by atoms with E-state index in [1.54, 1.807) is 0 Å². The van der Waals surface area contributed by atoms with Gasteiger partial charge < -0.3 is 15.0 Å². The summed E-state index contributed by atoms with van der Waals surface area (Å²) in [5, 5.41) is 13.7. The minimum absolute atomic E-state index is 0.0955. The Hall–Kier alpha value is -4.04. The van der Waals surface area contributed by atoms with Gasteiger partial charge in [-0.15, -0.1) is 10.2 Å². The van der Waals surface area contributed by atoms with Crippen LogP contribution in [0, 0.1) is 13.8 Å². The van der Waals surface area contributed by atoms with Crippen molar-refractivity contribution in [2.75, 3.05) is 17.7 Å². The minimum Gasteiger partial charge on any atom is -0.494 e. The molecule has 2 heterocycles. The van der Waals surface area contributed by atoms with Crippen LogP contribution in [0.3, 0.4) is 0 Å². The number of nitrogens with one attached hydrogen (secondary N) is 2. The number of aromatic amines is 1. The lowest BCUT2D eigenvalue weighted by Gasteiger charge is -2.12. The Balaban J connectivity index is 1.46. The molecule has 0 spiro atoms. The van der Waals surface area contributed by atoms with Crippen molar-refractivity contribution in [1.29, 1.82) is 0 Å². The number of fused-ring (bicyclic) bond motifs is 1. The Morgan fingerprint density at radius 1 is 1.06 bits per heavy atom. The maximum Gasteiger partial charge on any atom is 0.234 e. The number of rotatable bonds is 8. The molecule has 0 radical (unpaired) electrons. The van der Waals surface area contributed by atoms with Gasteiger partial charge in [-0.2, -0.15) is 0 Å². The van der Waals surface area contributed by atoms with E-state index in [2.05, 4.69) is 32.6 Å². The molecule has 5 aromatic rings. The molecular formula is C28H27N5O2S. The lowest BCUT2D eigenvalue weighted by Crippen LogP contribution is -2.15. The van der Waals surface area contributed by atoms with Crippen molar-refractivity contribution in [3.8, 4) is 22.8 Å². The van der Waals surface area contributed by atoms with Crippen molar-refractivity contribution in [3.63, 3.8) is 0 Å². The van der Waals surface area contributed by atoms with Crippen LogP contribution in [0.2, 0.25) is 0 Å². The van der Waals surface area contributed by atoms with E-state index in [-0.39, 0.29) is 11.7 Å². The fourth-order valence-electron chi connectivity index (χ4n) is 4.16. The van der Waals surface area contributed by atoms with Crippen LogP contribution in [0.5, 0.6) is 5.75 Å². The fraction of sp³-hybridized carbons (Fsp3) is 0.179. The summed E-state index contributed by atoms with van der Waals surface area (Å²) in [6, 6.07) is 21.9. The van der Waals surface area contributed by atoms with Gasteiger partial charge in [-0.3, -0.25) is 9.36 Å². The van der Waals surface area contributed by atoms with Crippen molar-refractivity contribution < 1.29 is 9.53 Å². The number of thioether (sulfide) groups is 1. The summed E-state index contributed by atoms with van der Waals surface area (Å²) >= 11 is 1.35. The topological polar surface area (TPSA) is 84.8 Å². The highest BCUT2D eigenvalue weighted by molar-refractivity contribution is 7.99. The zero-order chi connectivity index (χ0) is 25.1. The third-order valence-corrected chi connectivity index (χ3v) is 6.79. The molecule has 2 aromatic heterocycles. The molecule has 0 unspecified atom stereocenters. The number of amides is 1. The van der Waals surface area contributed by atoms with E-state index in [0.29, 0.717) is 17.6 Å². The molecule has 0 fully saturated rings. The van der Waals surface area contributed by atoms with Gasteiger partial charge in [0.25, 0.3) is 0 Å². The molecule has 8 heteroatoms. The number of ether oxygens (including phenoxy) is 1. The predicted octanol–water partition coefficient (Wildman–Crippen LogP) is 6.16. The summed E-state index contributed by atoms with van der Waals surface area (Å²) in [5.41, 5.74) is 5.87. The Kier molecular flexibility index (Phi) is 6.77. The van der Waals surface area contributed by atoms with E-state index in [1.807, 2.05) is 86.1 Å². The number of H-pyrrole nitrogens is 1. The molecule has 3 aromatic carbocycles. The second-order valence-corrected chi connectivity index (χ2v) is 9.41. The molecule has 0 saturated carbocycles. The molecule has 0 aliphatic carbocycles. The summed E-state index contributed by atoms with van der Waals surface area (Å²) in [5.74, 6) is 1.61. The van der Waals surface area contributed by atoms with E-state index < -0.39 is 0 Å². The first-order chi connectivity index (χ1) is 17.5. The summed E-state index contributed by atoms with van der Waals surface area (Å²) in [7, 11) is 0. The lowest BCUT2D eigenvalue weighted by atomic mass is 10.1. The number of carbonyl (C=O) groups is 1. The second kappa shape index (κ2) is 10.3. The highest BCUT2D eigenvalue weighted by Crippen LogP contribution is 2.33. The lowest BCUT2D eigenvalue weighted by molar-refractivity contribution is -0.113. The Morgan fingerprint density at radius 3 is 2.64 bits per heavy atom. The predicted molar refractivity (Wildman–Crippen MR) is 145 cm³/mol. The number of nitrogens with zero attached hydrogens (tertiary/aromatic N) is 3. The Morgan fingerprint density at radius 2 is 1.86 bits per heavy atom. The highest BCUT2D eigenvalue weighted by atomic mass is 32.2. The van der Waals surface area contributed by atoms with Crippen LogP contribution < -0.4 is 10.1 Å². The van der Waals surface area contributed by atoms with Crippen molar-refractivity contribution in [2.24, 2.45) is 0 Å². The van der Waals surface area contributed by atoms with Gasteiger partial charge in [0.1, 0.15) is 5.75 Å². The molecule has 0 bridgehead atoms. The average molecular weight is 498 g/mol. The first kappa shape index (κ1) is 23.7. The number of benzene rings is 3. The maximum absolute atomic E-state index is 12.8. The van der Waals surface area contributed by atoms with Crippen molar-refractivity contribution in [1.82, 2.24) is 19.7 Å². The summed E-state index contributed by atoms with van der Waals surface area (Å²) < 4.78 is 7.60. The standard InChI is InChI=1S/C28H27N5O2S/c1-4-35-21-12-10-20(11-13-21)33-27(23-16-29-25-8-6-5-7-22(23)25)31-32-28(33)36-17-26(34)30-24-14-9-18(2)15-19(24)3/h5-16,29H,4,17H2,1-3H3,(H,30,34).